The summed E-state index contributed by atoms with van der Waals surface area (Å²) < 4.78 is 5.21. The van der Waals surface area contributed by atoms with Crippen LogP contribution in [0.3, 0.4) is 0 Å². The number of carbonyl (C=O) groups is 1. The summed E-state index contributed by atoms with van der Waals surface area (Å²) >= 11 is 0. The molecule has 2 aromatic carbocycles. The standard InChI is InChI=1S/C15H16N2O2/c1-10-2-4-11(5-3-10)9-19-15(18)13-7-6-12(16)8-14(13)17/h2-8H,9,16-17H2,1H3. The SMILES string of the molecule is Cc1ccc(COC(=O)c2ccc(N)cc2N)cc1. The van der Waals surface area contributed by atoms with E-state index in [9.17, 15) is 4.79 Å². The molecule has 0 spiro atoms. The number of nitrogen functional groups attached to an aromatic ring is 2. The van der Waals surface area contributed by atoms with E-state index in [0.29, 0.717) is 16.9 Å². The second-order valence-corrected chi connectivity index (χ2v) is 4.41. The van der Waals surface area contributed by atoms with Gasteiger partial charge in [0.1, 0.15) is 6.61 Å². The van der Waals surface area contributed by atoms with Crippen LogP contribution in [-0.4, -0.2) is 5.97 Å². The Hall–Kier alpha value is -2.49. The first-order valence-electron chi connectivity index (χ1n) is 5.94. The molecule has 19 heavy (non-hydrogen) atoms. The maximum absolute atomic E-state index is 11.9. The van der Waals surface area contributed by atoms with E-state index in [0.717, 1.165) is 11.1 Å². The van der Waals surface area contributed by atoms with Gasteiger partial charge in [0.05, 0.1) is 5.56 Å². The van der Waals surface area contributed by atoms with Crippen LogP contribution in [0.5, 0.6) is 0 Å². The van der Waals surface area contributed by atoms with Crippen LogP contribution < -0.4 is 11.5 Å². The third-order valence-electron chi connectivity index (χ3n) is 2.79. The Labute approximate surface area is 112 Å². The van der Waals surface area contributed by atoms with E-state index in [2.05, 4.69) is 0 Å². The molecule has 0 atom stereocenters. The zero-order chi connectivity index (χ0) is 13.8. The predicted octanol–water partition coefficient (Wildman–Crippen LogP) is 2.52. The number of nitrogens with two attached hydrogens (primary N) is 2. The summed E-state index contributed by atoms with van der Waals surface area (Å²) in [7, 11) is 0. The first-order valence-corrected chi connectivity index (χ1v) is 5.94. The van der Waals surface area contributed by atoms with Gasteiger partial charge in [0.25, 0.3) is 0 Å². The third kappa shape index (κ3) is 3.25. The van der Waals surface area contributed by atoms with E-state index in [1.807, 2.05) is 31.2 Å². The zero-order valence-electron chi connectivity index (χ0n) is 10.7. The molecular weight excluding hydrogens is 240 g/mol. The number of esters is 1. The Kier molecular flexibility index (Phi) is 3.71. The van der Waals surface area contributed by atoms with Gasteiger partial charge < -0.3 is 16.2 Å². The molecule has 0 radical (unpaired) electrons. The van der Waals surface area contributed by atoms with Gasteiger partial charge in [-0.15, -0.1) is 0 Å². The molecule has 98 valence electrons. The quantitative estimate of drug-likeness (QED) is 0.653. The molecule has 4 heteroatoms. The molecule has 0 aliphatic carbocycles. The Morgan fingerprint density at radius 3 is 2.42 bits per heavy atom. The topological polar surface area (TPSA) is 78.3 Å². The van der Waals surface area contributed by atoms with Crippen LogP contribution in [0, 0.1) is 6.92 Å². The number of anilines is 2. The van der Waals surface area contributed by atoms with Crippen molar-refractivity contribution < 1.29 is 9.53 Å². The number of rotatable bonds is 3. The highest BCUT2D eigenvalue weighted by Gasteiger charge is 2.11. The molecule has 4 N–H and O–H groups in total. The maximum atomic E-state index is 11.9. The van der Waals surface area contributed by atoms with Gasteiger partial charge in [0.2, 0.25) is 0 Å². The number of hydrogen-bond acceptors (Lipinski definition) is 4. The normalized spacial score (nSPS) is 10.2. The van der Waals surface area contributed by atoms with Crippen molar-refractivity contribution in [2.24, 2.45) is 0 Å². The van der Waals surface area contributed by atoms with E-state index >= 15 is 0 Å². The number of benzene rings is 2. The summed E-state index contributed by atoms with van der Waals surface area (Å²) in [4.78, 5) is 11.9. The first-order chi connectivity index (χ1) is 9.06. The second kappa shape index (κ2) is 5.44. The molecule has 0 aliphatic rings. The lowest BCUT2D eigenvalue weighted by molar-refractivity contribution is 0.0474. The van der Waals surface area contributed by atoms with Gasteiger partial charge >= 0.3 is 5.97 Å². The molecule has 0 heterocycles. The molecule has 0 aromatic heterocycles. The van der Waals surface area contributed by atoms with Crippen LogP contribution >= 0.6 is 0 Å². The summed E-state index contributed by atoms with van der Waals surface area (Å²) in [5.41, 5.74) is 14.6. The molecule has 2 aromatic rings. The highest BCUT2D eigenvalue weighted by atomic mass is 16.5. The highest BCUT2D eigenvalue weighted by Crippen LogP contribution is 2.17. The van der Waals surface area contributed by atoms with Crippen molar-refractivity contribution in [3.05, 3.63) is 59.2 Å². The largest absolute Gasteiger partial charge is 0.457 e. The fourth-order valence-corrected chi connectivity index (χ4v) is 1.68. The van der Waals surface area contributed by atoms with Crippen molar-refractivity contribution in [3.63, 3.8) is 0 Å². The van der Waals surface area contributed by atoms with Gasteiger partial charge in [0.15, 0.2) is 0 Å². The van der Waals surface area contributed by atoms with Gasteiger partial charge in [-0.05, 0) is 30.7 Å². The molecular formula is C15H16N2O2. The first kappa shape index (κ1) is 13.0. The van der Waals surface area contributed by atoms with Crippen molar-refractivity contribution in [2.75, 3.05) is 11.5 Å². The molecule has 0 saturated heterocycles. The molecule has 0 fully saturated rings. The monoisotopic (exact) mass is 256 g/mol. The van der Waals surface area contributed by atoms with Gasteiger partial charge in [-0.1, -0.05) is 29.8 Å². The van der Waals surface area contributed by atoms with Crippen LogP contribution in [0.1, 0.15) is 21.5 Å². The molecule has 2 rings (SSSR count). The molecule has 0 unspecified atom stereocenters. The Bertz CT molecular complexity index is 592. The van der Waals surface area contributed by atoms with E-state index < -0.39 is 5.97 Å². The Morgan fingerprint density at radius 1 is 1.11 bits per heavy atom. The van der Waals surface area contributed by atoms with Gasteiger partial charge in [-0.2, -0.15) is 0 Å². The Morgan fingerprint density at radius 2 is 1.79 bits per heavy atom. The van der Waals surface area contributed by atoms with Gasteiger partial charge in [-0.25, -0.2) is 4.79 Å². The van der Waals surface area contributed by atoms with Crippen LogP contribution in [-0.2, 0) is 11.3 Å². The lowest BCUT2D eigenvalue weighted by Gasteiger charge is -2.08. The number of aryl methyl sites for hydroxylation is 1. The van der Waals surface area contributed by atoms with Crippen molar-refractivity contribution in [3.8, 4) is 0 Å². The van der Waals surface area contributed by atoms with Gasteiger partial charge in [0, 0.05) is 11.4 Å². The van der Waals surface area contributed by atoms with E-state index in [4.69, 9.17) is 16.2 Å². The minimum atomic E-state index is -0.446. The minimum absolute atomic E-state index is 0.225. The maximum Gasteiger partial charge on any atom is 0.340 e. The highest BCUT2D eigenvalue weighted by molar-refractivity contribution is 5.95. The molecule has 0 bridgehead atoms. The third-order valence-corrected chi connectivity index (χ3v) is 2.79. The smallest absolute Gasteiger partial charge is 0.340 e. The summed E-state index contributed by atoms with van der Waals surface area (Å²) in [5, 5.41) is 0. The lowest BCUT2D eigenvalue weighted by Crippen LogP contribution is -2.08. The summed E-state index contributed by atoms with van der Waals surface area (Å²) in [6.07, 6.45) is 0. The van der Waals surface area contributed by atoms with E-state index in [1.165, 1.54) is 0 Å². The number of hydrogen-bond donors (Lipinski definition) is 2. The van der Waals surface area contributed by atoms with E-state index in [1.54, 1.807) is 18.2 Å². The van der Waals surface area contributed by atoms with Crippen LogP contribution in [0.25, 0.3) is 0 Å². The van der Waals surface area contributed by atoms with Crippen molar-refractivity contribution in [2.45, 2.75) is 13.5 Å². The zero-order valence-corrected chi connectivity index (χ0v) is 10.7. The fourth-order valence-electron chi connectivity index (χ4n) is 1.68. The second-order valence-electron chi connectivity index (χ2n) is 4.41. The Balaban J connectivity index is 2.03. The minimum Gasteiger partial charge on any atom is -0.457 e. The summed E-state index contributed by atoms with van der Waals surface area (Å²) in [5.74, 6) is -0.446. The number of carbonyl (C=O) groups excluding carboxylic acids is 1. The van der Waals surface area contributed by atoms with Crippen LogP contribution in [0.15, 0.2) is 42.5 Å². The van der Waals surface area contributed by atoms with Crippen LogP contribution in [0.2, 0.25) is 0 Å². The molecule has 0 aliphatic heterocycles. The van der Waals surface area contributed by atoms with Crippen LogP contribution in [0.4, 0.5) is 11.4 Å². The lowest BCUT2D eigenvalue weighted by atomic mass is 10.1. The molecule has 0 amide bonds. The molecule has 4 nitrogen and oxygen atoms in total. The van der Waals surface area contributed by atoms with Crippen molar-refractivity contribution in [1.29, 1.82) is 0 Å². The predicted molar refractivity (Wildman–Crippen MR) is 75.6 cm³/mol. The number of ether oxygens (including phenoxy) is 1. The van der Waals surface area contributed by atoms with Gasteiger partial charge in [-0.3, -0.25) is 0 Å². The van der Waals surface area contributed by atoms with Crippen molar-refractivity contribution in [1.82, 2.24) is 0 Å². The average Bonchev–Trinajstić information content (AvgIpc) is 2.37. The van der Waals surface area contributed by atoms with E-state index in [-0.39, 0.29) is 6.61 Å². The summed E-state index contributed by atoms with van der Waals surface area (Å²) in [6.45, 7) is 2.23. The molecule has 0 saturated carbocycles. The summed E-state index contributed by atoms with van der Waals surface area (Å²) in [6, 6.07) is 12.5. The fraction of sp³-hybridized carbons (Fsp3) is 0.133. The van der Waals surface area contributed by atoms with Crippen molar-refractivity contribution >= 4 is 17.3 Å². The average molecular weight is 256 g/mol.